The summed E-state index contributed by atoms with van der Waals surface area (Å²) in [6.07, 6.45) is -31.8. The van der Waals surface area contributed by atoms with Crippen LogP contribution in [-0.2, 0) is 76.0 Å². The van der Waals surface area contributed by atoms with Crippen LogP contribution in [-0.4, -0.2) is 18.1 Å². The molecule has 0 spiro atoms. The van der Waals surface area contributed by atoms with Gasteiger partial charge in [0.2, 0.25) is 0 Å². The van der Waals surface area contributed by atoms with E-state index in [9.17, 15) is 93.4 Å². The van der Waals surface area contributed by atoms with Gasteiger partial charge < -0.3 is 31.9 Å². The summed E-state index contributed by atoms with van der Waals surface area (Å²) in [5.74, 6) is 0. The van der Waals surface area contributed by atoms with Gasteiger partial charge in [0.05, 0.1) is 33.4 Å². The number of hydrogen-bond acceptors (Lipinski definition) is 3. The zero-order valence-electron chi connectivity index (χ0n) is 35.5. The van der Waals surface area contributed by atoms with Crippen LogP contribution in [0.2, 0.25) is 0 Å². The molecule has 0 saturated carbocycles. The van der Waals surface area contributed by atoms with Crippen molar-refractivity contribution in [3.63, 3.8) is 0 Å². The van der Waals surface area contributed by atoms with Crippen molar-refractivity contribution >= 4 is 35.2 Å². The van der Waals surface area contributed by atoms with E-state index >= 15 is 0 Å². The minimum Gasteiger partial charge on any atom is -0.334 e. The third-order valence-corrected chi connectivity index (χ3v) is 10.1. The van der Waals surface area contributed by atoms with Gasteiger partial charge in [-0.05, 0) is 107 Å². The van der Waals surface area contributed by atoms with Gasteiger partial charge in [0.15, 0.2) is 0 Å². The first-order chi connectivity index (χ1) is 31.6. The van der Waals surface area contributed by atoms with Gasteiger partial charge in [-0.25, -0.2) is 14.4 Å². The Hall–Kier alpha value is -6.57. The Kier molecular flexibility index (Phi) is 16.4. The second-order valence-electron chi connectivity index (χ2n) is 14.7. The first-order valence-electron chi connectivity index (χ1n) is 19.8. The molecule has 0 aliphatic rings. The van der Waals surface area contributed by atoms with Crippen LogP contribution in [0.1, 0.15) is 87.5 Å². The number of alkyl halides is 18. The van der Waals surface area contributed by atoms with Gasteiger partial charge >= 0.3 is 55.2 Å². The van der Waals surface area contributed by atoms with Crippen molar-refractivity contribution in [2.75, 3.05) is 16.0 Å². The lowest BCUT2D eigenvalue weighted by Crippen LogP contribution is -2.33. The van der Waals surface area contributed by atoms with Crippen molar-refractivity contribution in [2.24, 2.45) is 0 Å². The molecule has 0 bridgehead atoms. The summed E-state index contributed by atoms with van der Waals surface area (Å²) < 4.78 is 243. The number of benzene rings is 4. The third-order valence-electron chi connectivity index (χ3n) is 10.1. The lowest BCUT2D eigenvalue weighted by Gasteiger charge is -2.27. The molecule has 4 aromatic carbocycles. The Morgan fingerprint density at radius 1 is 0.319 bits per heavy atom. The lowest BCUT2D eigenvalue weighted by molar-refractivity contribution is -0.144. The summed E-state index contributed by atoms with van der Waals surface area (Å²) in [5, 5.41) is 12.5. The average molecular weight is 1010 g/mol. The molecule has 0 radical (unpaired) electrons. The van der Waals surface area contributed by atoms with Crippen molar-refractivity contribution in [3.8, 4) is 0 Å². The minimum atomic E-state index is -5.29. The highest BCUT2D eigenvalue weighted by Gasteiger charge is 2.40. The zero-order valence-corrected chi connectivity index (χ0v) is 35.5. The molecule has 4 aromatic rings. The molecule has 0 unspecified atom stereocenters. The molecule has 4 rings (SSSR count). The number of carbonyl (C=O) groups excluding carboxylic acids is 3. The molecule has 0 aromatic heterocycles. The molecular weight excluding hydrogens is 978 g/mol. The Labute approximate surface area is 378 Å². The molecular formula is C42H36F18N6O3. The van der Waals surface area contributed by atoms with Gasteiger partial charge in [0, 0.05) is 36.7 Å². The third kappa shape index (κ3) is 14.5. The molecule has 0 aliphatic heterocycles. The number of halogens is 18. The SMILES string of the molecule is CCc1c(CNC(=O)Nc2cc(C(F)(F)F)cc(C(F)(F)F)c2)c(CC)c(CNC(=O)Nc2cc(C(F)(F)F)cc(C(F)(F)F)c2)c(CC)c1CNC(=O)Nc1cc(C(F)(F)F)cc(C(F)(F)F)c1. The predicted molar refractivity (Wildman–Crippen MR) is 211 cm³/mol. The van der Waals surface area contributed by atoms with E-state index < -0.39 is 125 Å². The predicted octanol–water partition coefficient (Wildman–Crippen LogP) is 13.5. The largest absolute Gasteiger partial charge is 0.416 e. The normalized spacial score (nSPS) is 12.7. The zero-order chi connectivity index (χ0) is 52.2. The number of hydrogen-bond donors (Lipinski definition) is 6. The van der Waals surface area contributed by atoms with Gasteiger partial charge in [-0.15, -0.1) is 0 Å². The molecule has 9 nitrogen and oxygen atoms in total. The number of anilines is 3. The molecule has 69 heavy (non-hydrogen) atoms. The Morgan fingerprint density at radius 3 is 0.638 bits per heavy atom. The maximum Gasteiger partial charge on any atom is 0.416 e. The van der Waals surface area contributed by atoms with Gasteiger partial charge in [0.1, 0.15) is 0 Å². The van der Waals surface area contributed by atoms with Crippen molar-refractivity contribution in [2.45, 2.75) is 96.7 Å². The lowest BCUT2D eigenvalue weighted by atomic mass is 9.83. The van der Waals surface area contributed by atoms with Crippen molar-refractivity contribution in [1.29, 1.82) is 0 Å². The Bertz CT molecular complexity index is 2150. The number of nitrogens with one attached hydrogen (secondary N) is 6. The van der Waals surface area contributed by atoms with E-state index in [1.165, 1.54) is 0 Å². The monoisotopic (exact) mass is 1010 g/mol. The van der Waals surface area contributed by atoms with Crippen molar-refractivity contribution in [3.05, 3.63) is 121 Å². The van der Waals surface area contributed by atoms with E-state index in [0.29, 0.717) is 0 Å². The highest BCUT2D eigenvalue weighted by atomic mass is 19.4. The molecule has 0 fully saturated rings. The standard InChI is InChI=1S/C42H36F18N6O3/c1-4-28-31(16-61-34(67)64-25-10-19(37(43,44)45)7-20(11-25)38(46,47)48)29(5-2)33(18-63-36(69)66-27-14-23(41(55,56)57)9-24(15-27)42(58,59)60)30(6-3)32(28)17-62-35(68)65-26-12-21(39(49,50)51)8-22(13-26)40(52,53)54/h7-15H,4-6,16-18H2,1-3H3,(H2,61,64,67)(H2,62,65,68)(H2,63,66,69). The highest BCUT2D eigenvalue weighted by molar-refractivity contribution is 5.91. The van der Waals surface area contributed by atoms with E-state index in [0.717, 1.165) is 0 Å². The van der Waals surface area contributed by atoms with Crippen LogP contribution in [0.4, 0.5) is 110 Å². The van der Waals surface area contributed by atoms with Crippen molar-refractivity contribution in [1.82, 2.24) is 16.0 Å². The van der Waals surface area contributed by atoms with Gasteiger partial charge in [-0.2, -0.15) is 79.0 Å². The molecule has 0 heterocycles. The average Bonchev–Trinajstić information content (AvgIpc) is 3.21. The molecule has 6 amide bonds. The summed E-state index contributed by atoms with van der Waals surface area (Å²) in [7, 11) is 0. The summed E-state index contributed by atoms with van der Waals surface area (Å²) in [6, 6.07) is -3.34. The molecule has 0 saturated heterocycles. The van der Waals surface area contributed by atoms with Crippen LogP contribution in [0.3, 0.4) is 0 Å². The fraction of sp³-hybridized carbons (Fsp3) is 0.357. The number of rotatable bonds is 12. The van der Waals surface area contributed by atoms with Crippen LogP contribution >= 0.6 is 0 Å². The number of urea groups is 3. The van der Waals surface area contributed by atoms with E-state index in [4.69, 9.17) is 0 Å². The molecule has 0 atom stereocenters. The topological polar surface area (TPSA) is 123 Å². The highest BCUT2D eigenvalue weighted by Crippen LogP contribution is 2.41. The number of carbonyl (C=O) groups is 3. The molecule has 6 N–H and O–H groups in total. The van der Waals surface area contributed by atoms with Gasteiger partial charge in [-0.3, -0.25) is 0 Å². The minimum absolute atomic E-state index is 0.00626. The van der Waals surface area contributed by atoms with Crippen LogP contribution in [0, 0.1) is 0 Å². The second kappa shape index (κ2) is 20.6. The summed E-state index contributed by atoms with van der Waals surface area (Å²) >= 11 is 0. The van der Waals surface area contributed by atoms with Crippen LogP contribution in [0.25, 0.3) is 0 Å². The number of amides is 6. The first-order valence-corrected chi connectivity index (χ1v) is 19.8. The fourth-order valence-electron chi connectivity index (χ4n) is 7.13. The van der Waals surface area contributed by atoms with Gasteiger partial charge in [0.25, 0.3) is 0 Å². The Morgan fingerprint density at radius 2 is 0.493 bits per heavy atom. The van der Waals surface area contributed by atoms with E-state index in [-0.39, 0.29) is 107 Å². The van der Waals surface area contributed by atoms with E-state index in [1.807, 2.05) is 16.0 Å². The smallest absolute Gasteiger partial charge is 0.334 e. The quantitative estimate of drug-likeness (QED) is 0.0792. The van der Waals surface area contributed by atoms with Crippen LogP contribution in [0.15, 0.2) is 54.6 Å². The summed E-state index contributed by atoms with van der Waals surface area (Å²) in [6.45, 7) is 2.79. The maximum atomic E-state index is 13.5. The van der Waals surface area contributed by atoms with Crippen LogP contribution < -0.4 is 31.9 Å². The fourth-order valence-corrected chi connectivity index (χ4v) is 7.13. The first kappa shape index (κ1) is 55.0. The summed E-state index contributed by atoms with van der Waals surface area (Å²) in [4.78, 5) is 39.4. The van der Waals surface area contributed by atoms with Crippen molar-refractivity contribution < 1.29 is 93.4 Å². The van der Waals surface area contributed by atoms with Gasteiger partial charge in [-0.1, -0.05) is 20.8 Å². The Balaban J connectivity index is 1.77. The summed E-state index contributed by atoms with van der Waals surface area (Å²) in [5.41, 5.74) is -12.2. The van der Waals surface area contributed by atoms with Crippen LogP contribution in [0.5, 0.6) is 0 Å². The molecule has 378 valence electrons. The van der Waals surface area contributed by atoms with E-state index in [1.54, 1.807) is 20.8 Å². The second-order valence-corrected chi connectivity index (χ2v) is 14.7. The maximum absolute atomic E-state index is 13.5. The molecule has 27 heteroatoms. The molecule has 0 aliphatic carbocycles. The van der Waals surface area contributed by atoms with E-state index in [2.05, 4.69) is 16.0 Å².